The Bertz CT molecular complexity index is 690. The molecule has 116 valence electrons. The third kappa shape index (κ3) is 3.99. The molecule has 2 rings (SSSR count). The van der Waals surface area contributed by atoms with E-state index >= 15 is 0 Å². The second-order valence-electron chi connectivity index (χ2n) is 4.45. The van der Waals surface area contributed by atoms with Gasteiger partial charge in [-0.2, -0.15) is 5.10 Å². The van der Waals surface area contributed by atoms with Crippen molar-refractivity contribution in [3.63, 3.8) is 0 Å². The number of thioether (sulfide) groups is 1. The molecule has 1 aliphatic heterocycles. The third-order valence-electron chi connectivity index (χ3n) is 2.78. The molecule has 1 aromatic rings. The van der Waals surface area contributed by atoms with Crippen molar-refractivity contribution in [2.45, 2.75) is 18.6 Å². The number of halogens is 1. The summed E-state index contributed by atoms with van der Waals surface area (Å²) in [7, 11) is 0. The Morgan fingerprint density at radius 3 is 2.91 bits per heavy atom. The summed E-state index contributed by atoms with van der Waals surface area (Å²) in [6.45, 7) is 1.63. The maximum Gasteiger partial charge on any atom is 0.305 e. The molecule has 0 unspecified atom stereocenters. The van der Waals surface area contributed by atoms with Gasteiger partial charge in [0.15, 0.2) is 5.17 Å². The maximum absolute atomic E-state index is 11.6. The van der Waals surface area contributed by atoms with Gasteiger partial charge in [0.2, 0.25) is 5.91 Å². The molecule has 1 fully saturated rings. The Morgan fingerprint density at radius 2 is 2.23 bits per heavy atom. The summed E-state index contributed by atoms with van der Waals surface area (Å²) in [6.07, 6.45) is -0.284. The number of aromatic hydroxyl groups is 1. The Labute approximate surface area is 135 Å². The van der Waals surface area contributed by atoms with E-state index in [0.717, 1.165) is 11.8 Å². The standard InChI is InChI=1S/C13H12ClN3O4S/c1-6(8-4-7(14)2-3-9(8)18)16-17-13-15-12(21)10(22-13)5-11(19)20/h2-4,10,18H,5H2,1H3,(H,19,20)(H,15,17,21)/b16-6+/t10-/m1/s1. The number of carbonyl (C=O) groups is 2. The summed E-state index contributed by atoms with van der Waals surface area (Å²) in [6, 6.07) is 4.53. The average Bonchev–Trinajstić information content (AvgIpc) is 2.78. The SMILES string of the molecule is C/C(=N\N=C1\NC(=O)[C@@H](CC(=O)O)S1)c1cc(Cl)ccc1O. The summed E-state index contributed by atoms with van der Waals surface area (Å²) >= 11 is 6.86. The van der Waals surface area contributed by atoms with Gasteiger partial charge < -0.3 is 15.5 Å². The topological polar surface area (TPSA) is 111 Å². The lowest BCUT2D eigenvalue weighted by Crippen LogP contribution is -2.26. The van der Waals surface area contributed by atoms with Crippen LogP contribution in [0.5, 0.6) is 5.75 Å². The zero-order valence-corrected chi connectivity index (χ0v) is 13.0. The Hall–Kier alpha value is -2.06. The van der Waals surface area contributed by atoms with Crippen LogP contribution in [0.1, 0.15) is 18.9 Å². The molecular formula is C13H12ClN3O4S. The monoisotopic (exact) mass is 341 g/mol. The number of amides is 1. The number of nitrogens with zero attached hydrogens (tertiary/aromatic N) is 2. The summed E-state index contributed by atoms with van der Waals surface area (Å²) in [5.74, 6) is -1.46. The van der Waals surface area contributed by atoms with Crippen molar-refractivity contribution in [3.8, 4) is 5.75 Å². The van der Waals surface area contributed by atoms with Crippen molar-refractivity contribution in [3.05, 3.63) is 28.8 Å². The second kappa shape index (κ2) is 6.80. The third-order valence-corrected chi connectivity index (χ3v) is 4.08. The highest BCUT2D eigenvalue weighted by Crippen LogP contribution is 2.24. The number of benzene rings is 1. The van der Waals surface area contributed by atoms with Gasteiger partial charge in [0.25, 0.3) is 0 Å². The maximum atomic E-state index is 11.6. The molecule has 1 aromatic carbocycles. The lowest BCUT2D eigenvalue weighted by Gasteiger charge is -2.03. The lowest BCUT2D eigenvalue weighted by molar-refractivity contribution is -0.138. The van der Waals surface area contributed by atoms with Gasteiger partial charge in [-0.15, -0.1) is 5.10 Å². The fourth-order valence-corrected chi connectivity index (χ4v) is 2.80. The van der Waals surface area contributed by atoms with Crippen LogP contribution < -0.4 is 5.32 Å². The molecule has 1 atom stereocenters. The Morgan fingerprint density at radius 1 is 1.50 bits per heavy atom. The molecule has 7 nitrogen and oxygen atoms in total. The Balaban J connectivity index is 2.15. The molecule has 1 amide bonds. The number of phenols is 1. The van der Waals surface area contributed by atoms with Crippen LogP contribution >= 0.6 is 23.4 Å². The molecule has 22 heavy (non-hydrogen) atoms. The van der Waals surface area contributed by atoms with Gasteiger partial charge >= 0.3 is 5.97 Å². The first-order valence-corrected chi connectivity index (χ1v) is 7.43. The smallest absolute Gasteiger partial charge is 0.305 e. The van der Waals surface area contributed by atoms with E-state index in [4.69, 9.17) is 16.7 Å². The minimum Gasteiger partial charge on any atom is -0.507 e. The minimum atomic E-state index is -1.06. The molecule has 9 heteroatoms. The molecule has 1 saturated heterocycles. The van der Waals surface area contributed by atoms with Crippen LogP contribution in [-0.4, -0.2) is 38.2 Å². The summed E-state index contributed by atoms with van der Waals surface area (Å²) in [5.41, 5.74) is 0.831. The molecule has 0 aliphatic carbocycles. The molecule has 1 aliphatic rings. The predicted octanol–water partition coefficient (Wildman–Crippen LogP) is 1.83. The van der Waals surface area contributed by atoms with Crippen LogP contribution in [0.15, 0.2) is 28.4 Å². The number of carboxylic acids is 1. The fraction of sp³-hybridized carbons (Fsp3) is 0.231. The van der Waals surface area contributed by atoms with E-state index in [-0.39, 0.29) is 17.3 Å². The first-order valence-electron chi connectivity index (χ1n) is 6.17. The number of hydrogen-bond acceptors (Lipinski definition) is 6. The predicted molar refractivity (Wildman–Crippen MR) is 84.5 cm³/mol. The zero-order chi connectivity index (χ0) is 16.3. The van der Waals surface area contributed by atoms with Crippen LogP contribution in [0.4, 0.5) is 0 Å². The highest BCUT2D eigenvalue weighted by molar-refractivity contribution is 8.15. The number of amidine groups is 1. The highest BCUT2D eigenvalue weighted by atomic mass is 35.5. The quantitative estimate of drug-likeness (QED) is 0.571. The number of phenolic OH excluding ortho intramolecular Hbond substituents is 1. The number of carbonyl (C=O) groups excluding carboxylic acids is 1. The summed E-state index contributed by atoms with van der Waals surface area (Å²) in [4.78, 5) is 22.2. The molecular weight excluding hydrogens is 330 g/mol. The molecule has 1 heterocycles. The van der Waals surface area contributed by atoms with Gasteiger partial charge in [0.1, 0.15) is 11.0 Å². The van der Waals surface area contributed by atoms with E-state index in [1.807, 2.05) is 0 Å². The van der Waals surface area contributed by atoms with Crippen LogP contribution in [0.2, 0.25) is 5.02 Å². The number of nitrogens with one attached hydrogen (secondary N) is 1. The van der Waals surface area contributed by atoms with E-state index in [0.29, 0.717) is 16.3 Å². The van der Waals surface area contributed by atoms with E-state index in [2.05, 4.69) is 15.5 Å². The van der Waals surface area contributed by atoms with Crippen LogP contribution in [0.3, 0.4) is 0 Å². The van der Waals surface area contributed by atoms with Crippen molar-refractivity contribution in [2.24, 2.45) is 10.2 Å². The van der Waals surface area contributed by atoms with Crippen molar-refractivity contribution in [1.82, 2.24) is 5.32 Å². The van der Waals surface area contributed by atoms with E-state index < -0.39 is 17.1 Å². The normalized spacial score (nSPS) is 20.3. The van der Waals surface area contributed by atoms with Crippen LogP contribution in [0, 0.1) is 0 Å². The minimum absolute atomic E-state index is 0.0118. The van der Waals surface area contributed by atoms with Crippen molar-refractivity contribution in [2.75, 3.05) is 0 Å². The first-order chi connectivity index (χ1) is 10.4. The summed E-state index contributed by atoms with van der Waals surface area (Å²) in [5, 5.41) is 28.7. The van der Waals surface area contributed by atoms with Crippen molar-refractivity contribution < 1.29 is 19.8 Å². The molecule has 0 spiro atoms. The summed E-state index contributed by atoms with van der Waals surface area (Å²) < 4.78 is 0. The highest BCUT2D eigenvalue weighted by Gasteiger charge is 2.32. The largest absolute Gasteiger partial charge is 0.507 e. The van der Waals surface area contributed by atoms with Gasteiger partial charge in [-0.25, -0.2) is 0 Å². The van der Waals surface area contributed by atoms with Crippen LogP contribution in [0.25, 0.3) is 0 Å². The van der Waals surface area contributed by atoms with Gasteiger partial charge in [-0.1, -0.05) is 23.4 Å². The van der Waals surface area contributed by atoms with Gasteiger partial charge in [0.05, 0.1) is 12.1 Å². The lowest BCUT2D eigenvalue weighted by atomic mass is 10.1. The fourth-order valence-electron chi connectivity index (χ4n) is 1.72. The zero-order valence-electron chi connectivity index (χ0n) is 11.4. The molecule has 0 radical (unpaired) electrons. The van der Waals surface area contributed by atoms with Gasteiger partial charge in [-0.3, -0.25) is 9.59 Å². The van der Waals surface area contributed by atoms with Crippen LogP contribution in [-0.2, 0) is 9.59 Å². The van der Waals surface area contributed by atoms with Gasteiger partial charge in [-0.05, 0) is 25.1 Å². The molecule has 0 bridgehead atoms. The Kier molecular flexibility index (Phi) is 5.04. The first kappa shape index (κ1) is 16.3. The number of rotatable bonds is 4. The number of aliphatic carboxylic acids is 1. The van der Waals surface area contributed by atoms with E-state index in [1.165, 1.54) is 6.07 Å². The second-order valence-corrected chi connectivity index (χ2v) is 6.07. The molecule has 3 N–H and O–H groups in total. The van der Waals surface area contributed by atoms with Crippen molar-refractivity contribution >= 4 is 46.1 Å². The van der Waals surface area contributed by atoms with Gasteiger partial charge in [0, 0.05) is 10.6 Å². The molecule has 0 saturated carbocycles. The van der Waals surface area contributed by atoms with Crippen molar-refractivity contribution in [1.29, 1.82) is 0 Å². The van der Waals surface area contributed by atoms with E-state index in [9.17, 15) is 14.7 Å². The van der Waals surface area contributed by atoms with E-state index in [1.54, 1.807) is 19.1 Å². The molecule has 0 aromatic heterocycles. The average molecular weight is 342 g/mol. The number of carboxylic acid groups (broad SMARTS) is 1. The number of hydrogen-bond donors (Lipinski definition) is 3.